The fourth-order valence-electron chi connectivity index (χ4n) is 5.32. The largest absolute Gasteiger partial charge is 0.497 e. The van der Waals surface area contributed by atoms with Crippen LogP contribution in [0.25, 0.3) is 0 Å². The summed E-state index contributed by atoms with van der Waals surface area (Å²) >= 11 is 0. The van der Waals surface area contributed by atoms with E-state index in [1.165, 1.54) is 37.9 Å². The third kappa shape index (κ3) is 3.85. The highest BCUT2D eigenvalue weighted by molar-refractivity contribution is 5.38. The summed E-state index contributed by atoms with van der Waals surface area (Å²) in [4.78, 5) is 5.38. The molecule has 2 saturated heterocycles. The zero-order chi connectivity index (χ0) is 17.9. The van der Waals surface area contributed by atoms with E-state index >= 15 is 0 Å². The van der Waals surface area contributed by atoms with Crippen LogP contribution in [0, 0.1) is 11.8 Å². The minimum absolute atomic E-state index is 0.767. The van der Waals surface area contributed by atoms with Crippen molar-refractivity contribution in [3.63, 3.8) is 0 Å². The lowest BCUT2D eigenvalue weighted by molar-refractivity contribution is -0.0623. The van der Waals surface area contributed by atoms with Gasteiger partial charge >= 0.3 is 0 Å². The van der Waals surface area contributed by atoms with Crippen LogP contribution < -0.4 is 9.47 Å². The van der Waals surface area contributed by atoms with E-state index in [2.05, 4.69) is 21.9 Å². The van der Waals surface area contributed by atoms with Gasteiger partial charge in [0, 0.05) is 44.8 Å². The Kier molecular flexibility index (Phi) is 5.67. The van der Waals surface area contributed by atoms with Crippen LogP contribution in [0.5, 0.6) is 11.5 Å². The van der Waals surface area contributed by atoms with Gasteiger partial charge in [0.25, 0.3) is 0 Å². The molecule has 0 radical (unpaired) electrons. The summed E-state index contributed by atoms with van der Waals surface area (Å²) in [7, 11) is 3.44. The van der Waals surface area contributed by atoms with Crippen molar-refractivity contribution in [3.05, 3.63) is 23.8 Å². The number of morpholine rings is 1. The molecule has 1 saturated carbocycles. The van der Waals surface area contributed by atoms with Gasteiger partial charge in [0.05, 0.1) is 27.4 Å². The molecule has 3 fully saturated rings. The normalized spacial score (nSPS) is 30.2. The first kappa shape index (κ1) is 18.1. The first-order valence-corrected chi connectivity index (χ1v) is 10.0. The number of fused-ring (bicyclic) bond motifs is 2. The van der Waals surface area contributed by atoms with Crippen LogP contribution >= 0.6 is 0 Å². The average molecular weight is 360 g/mol. The number of nitrogens with zero attached hydrogens (tertiary/aromatic N) is 2. The molecule has 1 aromatic rings. The van der Waals surface area contributed by atoms with Crippen LogP contribution in [0.15, 0.2) is 18.2 Å². The summed E-state index contributed by atoms with van der Waals surface area (Å²) in [6.07, 6.45) is 4.14. The Hall–Kier alpha value is -1.30. The fourth-order valence-corrected chi connectivity index (χ4v) is 5.32. The van der Waals surface area contributed by atoms with E-state index in [9.17, 15) is 0 Å². The van der Waals surface area contributed by atoms with Gasteiger partial charge in [-0.2, -0.15) is 0 Å². The zero-order valence-electron chi connectivity index (χ0n) is 16.2. The lowest BCUT2D eigenvalue weighted by Gasteiger charge is -2.52. The van der Waals surface area contributed by atoms with Crippen molar-refractivity contribution in [1.29, 1.82) is 0 Å². The molecule has 0 aromatic heterocycles. The first-order valence-electron chi connectivity index (χ1n) is 10.0. The van der Waals surface area contributed by atoms with Crippen LogP contribution in [0.4, 0.5) is 0 Å². The van der Waals surface area contributed by atoms with Gasteiger partial charge in [-0.3, -0.25) is 9.80 Å². The topological polar surface area (TPSA) is 34.2 Å². The number of likely N-dealkylation sites (tertiary alicyclic amines) is 1. The van der Waals surface area contributed by atoms with Crippen molar-refractivity contribution in [1.82, 2.24) is 9.80 Å². The Morgan fingerprint density at radius 1 is 0.962 bits per heavy atom. The van der Waals surface area contributed by atoms with Gasteiger partial charge in [-0.05, 0) is 42.4 Å². The zero-order valence-corrected chi connectivity index (χ0v) is 16.2. The smallest absolute Gasteiger partial charge is 0.122 e. The SMILES string of the molecule is COc1cc(CN2C[C@H]3CCC[C@H](C2)C3N2CCOCC2)cc(OC)c1. The van der Waals surface area contributed by atoms with Crippen LogP contribution in [0.2, 0.25) is 0 Å². The molecule has 2 atom stereocenters. The van der Waals surface area contributed by atoms with Crippen molar-refractivity contribution < 1.29 is 14.2 Å². The third-order valence-corrected chi connectivity index (χ3v) is 6.39. The highest BCUT2D eigenvalue weighted by atomic mass is 16.5. The molecule has 3 aliphatic rings. The van der Waals surface area contributed by atoms with Crippen molar-refractivity contribution in [3.8, 4) is 11.5 Å². The van der Waals surface area contributed by atoms with E-state index < -0.39 is 0 Å². The summed E-state index contributed by atoms with van der Waals surface area (Å²) in [6.45, 7) is 7.44. The van der Waals surface area contributed by atoms with Crippen LogP contribution in [0.3, 0.4) is 0 Å². The maximum Gasteiger partial charge on any atom is 0.122 e. The van der Waals surface area contributed by atoms with Gasteiger partial charge in [-0.25, -0.2) is 0 Å². The minimum Gasteiger partial charge on any atom is -0.497 e. The van der Waals surface area contributed by atoms with E-state index in [4.69, 9.17) is 14.2 Å². The molecule has 1 aromatic carbocycles. The molecule has 2 bridgehead atoms. The predicted octanol–water partition coefficient (Wildman–Crippen LogP) is 2.64. The van der Waals surface area contributed by atoms with Crippen LogP contribution in [-0.2, 0) is 11.3 Å². The van der Waals surface area contributed by atoms with E-state index in [1.54, 1.807) is 14.2 Å². The number of hydrogen-bond acceptors (Lipinski definition) is 5. The molecule has 5 nitrogen and oxygen atoms in total. The lowest BCUT2D eigenvalue weighted by atomic mass is 9.72. The predicted molar refractivity (Wildman–Crippen MR) is 102 cm³/mol. The van der Waals surface area contributed by atoms with Gasteiger partial charge in [0.1, 0.15) is 11.5 Å². The molecule has 0 N–H and O–H groups in total. The lowest BCUT2D eigenvalue weighted by Crippen LogP contribution is -2.59. The number of rotatable bonds is 5. The third-order valence-electron chi connectivity index (χ3n) is 6.39. The molecule has 26 heavy (non-hydrogen) atoms. The molecule has 2 heterocycles. The van der Waals surface area contributed by atoms with Gasteiger partial charge < -0.3 is 14.2 Å². The molecule has 144 valence electrons. The molecule has 5 heteroatoms. The Labute approximate surface area is 157 Å². The van der Waals surface area contributed by atoms with Gasteiger partial charge in [0.15, 0.2) is 0 Å². The number of piperidine rings is 1. The standard InChI is InChI=1S/C21H32N2O3/c1-24-19-10-16(11-20(12-19)25-2)13-22-14-17-4-3-5-18(15-22)21(17)23-6-8-26-9-7-23/h10-12,17-18,21H,3-9,13-15H2,1-2H3/t17-,18-/m1/s1. The maximum atomic E-state index is 5.58. The van der Waals surface area contributed by atoms with E-state index in [1.807, 2.05) is 6.07 Å². The highest BCUT2D eigenvalue weighted by Crippen LogP contribution is 2.39. The van der Waals surface area contributed by atoms with E-state index in [-0.39, 0.29) is 0 Å². The summed E-state index contributed by atoms with van der Waals surface area (Å²) in [5, 5.41) is 0. The fraction of sp³-hybridized carbons (Fsp3) is 0.714. The molecule has 0 amide bonds. The molecule has 4 rings (SSSR count). The second-order valence-electron chi connectivity index (χ2n) is 8.00. The van der Waals surface area contributed by atoms with E-state index in [0.717, 1.165) is 62.2 Å². The van der Waals surface area contributed by atoms with E-state index in [0.29, 0.717) is 0 Å². The van der Waals surface area contributed by atoms with Crippen LogP contribution in [0.1, 0.15) is 24.8 Å². The molecular weight excluding hydrogens is 328 g/mol. The second-order valence-corrected chi connectivity index (χ2v) is 8.00. The number of benzene rings is 1. The molecule has 0 unspecified atom stereocenters. The van der Waals surface area contributed by atoms with Crippen molar-refractivity contribution in [2.24, 2.45) is 11.8 Å². The number of ether oxygens (including phenoxy) is 3. The Bertz CT molecular complexity index is 567. The van der Waals surface area contributed by atoms with Crippen molar-refractivity contribution in [2.75, 3.05) is 53.6 Å². The van der Waals surface area contributed by atoms with Gasteiger partial charge in [0.2, 0.25) is 0 Å². The molecule has 0 spiro atoms. The Morgan fingerprint density at radius 2 is 1.58 bits per heavy atom. The van der Waals surface area contributed by atoms with Gasteiger partial charge in [-0.1, -0.05) is 6.42 Å². The average Bonchev–Trinajstić information content (AvgIpc) is 2.67. The summed E-state index contributed by atoms with van der Waals surface area (Å²) < 4.78 is 16.5. The Morgan fingerprint density at radius 3 is 2.15 bits per heavy atom. The highest BCUT2D eigenvalue weighted by Gasteiger charge is 2.42. The van der Waals surface area contributed by atoms with Crippen molar-refractivity contribution in [2.45, 2.75) is 31.8 Å². The summed E-state index contributed by atoms with van der Waals surface area (Å²) in [6, 6.07) is 7.01. The Balaban J connectivity index is 1.45. The quantitative estimate of drug-likeness (QED) is 0.806. The summed E-state index contributed by atoms with van der Waals surface area (Å²) in [5.41, 5.74) is 1.28. The van der Waals surface area contributed by atoms with Gasteiger partial charge in [-0.15, -0.1) is 0 Å². The summed E-state index contributed by atoms with van der Waals surface area (Å²) in [5.74, 6) is 3.35. The number of hydrogen-bond donors (Lipinski definition) is 0. The van der Waals surface area contributed by atoms with Crippen molar-refractivity contribution >= 4 is 0 Å². The second kappa shape index (κ2) is 8.15. The molecule has 2 aliphatic heterocycles. The molecule has 1 aliphatic carbocycles. The number of methoxy groups -OCH3 is 2. The molecular formula is C21H32N2O3. The van der Waals surface area contributed by atoms with Crippen LogP contribution in [-0.4, -0.2) is 69.5 Å². The monoisotopic (exact) mass is 360 g/mol. The maximum absolute atomic E-state index is 5.58. The first-order chi connectivity index (χ1) is 12.8. The minimum atomic E-state index is 0.767.